The van der Waals surface area contributed by atoms with Crippen molar-refractivity contribution < 1.29 is 32.6 Å². The van der Waals surface area contributed by atoms with E-state index in [1.165, 1.54) is 18.2 Å². The molecular weight excluding hydrogens is 580 g/mol. The summed E-state index contributed by atoms with van der Waals surface area (Å²) in [5.74, 6) is -0.232. The molecule has 4 aromatic rings. The van der Waals surface area contributed by atoms with Gasteiger partial charge in [-0.2, -0.15) is 0 Å². The fraction of sp³-hybridized carbons (Fsp3) is 0.314. The van der Waals surface area contributed by atoms with Crippen molar-refractivity contribution in [1.82, 2.24) is 14.9 Å². The molecule has 0 bridgehead atoms. The molecule has 0 spiro atoms. The molecule has 0 aliphatic carbocycles. The Balaban J connectivity index is 1.31. The molecule has 2 aromatic carbocycles. The van der Waals surface area contributed by atoms with Gasteiger partial charge in [0.05, 0.1) is 49.8 Å². The Labute approximate surface area is 260 Å². The molecule has 1 amide bonds. The molecule has 232 valence electrons. The Kier molecular flexibility index (Phi) is 8.84. The van der Waals surface area contributed by atoms with Gasteiger partial charge in [-0.05, 0) is 66.8 Å². The molecule has 2 aliphatic heterocycles. The Morgan fingerprint density at radius 2 is 1.76 bits per heavy atom. The lowest BCUT2D eigenvalue weighted by Crippen LogP contribution is -2.24. The maximum atomic E-state index is 14.9. The van der Waals surface area contributed by atoms with Gasteiger partial charge in [0.15, 0.2) is 5.78 Å². The molecule has 10 heteroatoms. The topological polar surface area (TPSA) is 90.9 Å². The maximum Gasteiger partial charge on any atom is 0.256 e. The molecule has 0 atom stereocenters. The number of Topliss-reactive ketones (excluding diaryl/α,β-unsaturated/α-hetero) is 1. The largest absolute Gasteiger partial charge is 0.497 e. The summed E-state index contributed by atoms with van der Waals surface area (Å²) in [6.45, 7) is 1.72. The van der Waals surface area contributed by atoms with Gasteiger partial charge in [-0.15, -0.1) is 0 Å². The summed E-state index contributed by atoms with van der Waals surface area (Å²) in [5, 5.41) is 0. The highest BCUT2D eigenvalue weighted by molar-refractivity contribution is 6.00. The van der Waals surface area contributed by atoms with Crippen LogP contribution in [0, 0.1) is 17.6 Å². The van der Waals surface area contributed by atoms with Crippen molar-refractivity contribution in [3.05, 3.63) is 106 Å². The smallest absolute Gasteiger partial charge is 0.256 e. The third-order valence-corrected chi connectivity index (χ3v) is 8.43. The summed E-state index contributed by atoms with van der Waals surface area (Å²) in [5.41, 5.74) is 3.08. The van der Waals surface area contributed by atoms with E-state index in [9.17, 15) is 18.4 Å². The van der Waals surface area contributed by atoms with Crippen molar-refractivity contribution in [2.75, 3.05) is 27.4 Å². The number of aromatic nitrogens is 2. The number of rotatable bonds is 10. The third kappa shape index (κ3) is 6.42. The van der Waals surface area contributed by atoms with Crippen LogP contribution >= 0.6 is 0 Å². The van der Waals surface area contributed by atoms with Gasteiger partial charge < -0.3 is 19.1 Å². The van der Waals surface area contributed by atoms with E-state index in [0.29, 0.717) is 65.1 Å². The highest BCUT2D eigenvalue weighted by Crippen LogP contribution is 2.35. The molecular formula is C35H33F2N3O5. The predicted octanol–water partition coefficient (Wildman–Crippen LogP) is 6.19. The summed E-state index contributed by atoms with van der Waals surface area (Å²) < 4.78 is 46.0. The zero-order chi connectivity index (χ0) is 31.5. The Bertz CT molecular complexity index is 1720. The molecule has 1 fully saturated rings. The summed E-state index contributed by atoms with van der Waals surface area (Å²) in [6, 6.07) is 14.1. The zero-order valence-electron chi connectivity index (χ0n) is 25.1. The molecule has 2 aliphatic rings. The summed E-state index contributed by atoms with van der Waals surface area (Å²) >= 11 is 0. The minimum absolute atomic E-state index is 0.0304. The second-order valence-electron chi connectivity index (χ2n) is 11.3. The van der Waals surface area contributed by atoms with Crippen molar-refractivity contribution in [2.24, 2.45) is 5.92 Å². The molecule has 0 saturated carbocycles. The Morgan fingerprint density at radius 1 is 0.978 bits per heavy atom. The normalized spacial score (nSPS) is 14.8. The molecule has 0 radical (unpaired) electrons. The van der Waals surface area contributed by atoms with Gasteiger partial charge in [0.1, 0.15) is 23.1 Å². The summed E-state index contributed by atoms with van der Waals surface area (Å²) in [4.78, 5) is 37.5. The second-order valence-corrected chi connectivity index (χ2v) is 11.3. The number of halogens is 2. The first-order valence-electron chi connectivity index (χ1n) is 14.9. The molecule has 6 rings (SSSR count). The van der Waals surface area contributed by atoms with Gasteiger partial charge in [0, 0.05) is 55.1 Å². The minimum Gasteiger partial charge on any atom is -0.497 e. The standard InChI is InChI=1S/C35H33F2N3O5/c1-43-26-9-7-23(32(17-26)44-2)19-40-20-30-33(35(40)42)24(16-29(39-30)34-27(36)4-3-5-28(34)37)15-25-8-6-22(18-38-25)31(41)14-21-10-12-45-13-11-21/h3-9,16-18,21H,10-15,19-20H2,1-2H3. The van der Waals surface area contributed by atoms with Crippen molar-refractivity contribution in [3.8, 4) is 22.8 Å². The first-order valence-corrected chi connectivity index (χ1v) is 14.9. The third-order valence-electron chi connectivity index (χ3n) is 8.43. The fourth-order valence-electron chi connectivity index (χ4n) is 5.99. The van der Waals surface area contributed by atoms with E-state index in [1.807, 2.05) is 6.07 Å². The van der Waals surface area contributed by atoms with Gasteiger partial charge in [-0.25, -0.2) is 13.8 Å². The monoisotopic (exact) mass is 613 g/mol. The van der Waals surface area contributed by atoms with Crippen molar-refractivity contribution in [1.29, 1.82) is 0 Å². The molecule has 1 saturated heterocycles. The second kappa shape index (κ2) is 13.1. The van der Waals surface area contributed by atoms with Crippen molar-refractivity contribution >= 4 is 11.7 Å². The van der Waals surface area contributed by atoms with Gasteiger partial charge in [0.2, 0.25) is 0 Å². The Morgan fingerprint density at radius 3 is 2.44 bits per heavy atom. The van der Waals surface area contributed by atoms with Gasteiger partial charge in [0.25, 0.3) is 5.91 Å². The number of ether oxygens (including phenoxy) is 3. The van der Waals surface area contributed by atoms with Crippen LogP contribution in [0.25, 0.3) is 11.3 Å². The number of carbonyl (C=O) groups is 2. The van der Waals surface area contributed by atoms with E-state index >= 15 is 0 Å². The number of nitrogens with zero attached hydrogens (tertiary/aromatic N) is 3. The number of amides is 1. The van der Waals surface area contributed by atoms with Crippen LogP contribution in [-0.2, 0) is 24.2 Å². The van der Waals surface area contributed by atoms with Crippen LogP contribution in [0.3, 0.4) is 0 Å². The van der Waals surface area contributed by atoms with Gasteiger partial charge in [-0.1, -0.05) is 6.07 Å². The van der Waals surface area contributed by atoms with E-state index < -0.39 is 11.6 Å². The van der Waals surface area contributed by atoms with E-state index in [2.05, 4.69) is 9.97 Å². The maximum absolute atomic E-state index is 14.9. The first kappa shape index (κ1) is 30.3. The van der Waals surface area contributed by atoms with Crippen molar-refractivity contribution in [2.45, 2.75) is 38.8 Å². The lowest BCUT2D eigenvalue weighted by atomic mass is 9.92. The first-order chi connectivity index (χ1) is 21.8. The average molecular weight is 614 g/mol. The zero-order valence-corrected chi connectivity index (χ0v) is 25.1. The van der Waals surface area contributed by atoms with E-state index in [-0.39, 0.29) is 42.5 Å². The van der Waals surface area contributed by atoms with E-state index in [1.54, 1.807) is 55.6 Å². The molecule has 2 aromatic heterocycles. The number of carbonyl (C=O) groups excluding carboxylic acids is 2. The van der Waals surface area contributed by atoms with Gasteiger partial charge >= 0.3 is 0 Å². The van der Waals surface area contributed by atoms with Crippen LogP contribution in [0.15, 0.2) is 60.8 Å². The number of hydrogen-bond acceptors (Lipinski definition) is 7. The van der Waals surface area contributed by atoms with Crippen LogP contribution in [0.4, 0.5) is 8.78 Å². The molecule has 8 nitrogen and oxygen atoms in total. The summed E-state index contributed by atoms with van der Waals surface area (Å²) in [7, 11) is 3.11. The van der Waals surface area contributed by atoms with Crippen LogP contribution in [0.1, 0.15) is 62.5 Å². The van der Waals surface area contributed by atoms with Crippen molar-refractivity contribution in [3.63, 3.8) is 0 Å². The van der Waals surface area contributed by atoms with Gasteiger partial charge in [-0.3, -0.25) is 14.6 Å². The number of methoxy groups -OCH3 is 2. The molecule has 45 heavy (non-hydrogen) atoms. The number of benzene rings is 2. The highest BCUT2D eigenvalue weighted by atomic mass is 19.1. The van der Waals surface area contributed by atoms with Crippen LogP contribution in [-0.4, -0.2) is 54.0 Å². The quantitative estimate of drug-likeness (QED) is 0.197. The van der Waals surface area contributed by atoms with E-state index in [4.69, 9.17) is 14.2 Å². The van der Waals surface area contributed by atoms with E-state index in [0.717, 1.165) is 18.4 Å². The van der Waals surface area contributed by atoms with Crippen LogP contribution in [0.5, 0.6) is 11.5 Å². The lowest BCUT2D eigenvalue weighted by molar-refractivity contribution is 0.0600. The number of hydrogen-bond donors (Lipinski definition) is 0. The number of ketones is 1. The molecule has 0 N–H and O–H groups in total. The molecule has 4 heterocycles. The molecule has 0 unspecified atom stereocenters. The fourth-order valence-corrected chi connectivity index (χ4v) is 5.99. The SMILES string of the molecule is COc1ccc(CN2Cc3nc(-c4c(F)cccc4F)cc(Cc4ccc(C(=O)CC5CCOCC5)cn4)c3C2=O)c(OC)c1. The Hall–Kier alpha value is -4.70. The lowest BCUT2D eigenvalue weighted by Gasteiger charge is -2.21. The average Bonchev–Trinajstić information content (AvgIpc) is 3.36. The minimum atomic E-state index is -0.747. The van der Waals surface area contributed by atoms with Crippen LogP contribution < -0.4 is 9.47 Å². The predicted molar refractivity (Wildman–Crippen MR) is 162 cm³/mol. The number of fused-ring (bicyclic) bond motifs is 1. The summed E-state index contributed by atoms with van der Waals surface area (Å²) in [6.07, 6.45) is 3.94. The van der Waals surface area contributed by atoms with Crippen LogP contribution in [0.2, 0.25) is 0 Å². The highest BCUT2D eigenvalue weighted by Gasteiger charge is 2.33. The number of pyridine rings is 2.